The number of aryl methyl sites for hydroxylation is 1. The second-order valence-electron chi connectivity index (χ2n) is 6.11. The Balaban J connectivity index is 1.71. The van der Waals surface area contributed by atoms with Gasteiger partial charge in [-0.15, -0.1) is 0 Å². The summed E-state index contributed by atoms with van der Waals surface area (Å²) in [5.41, 5.74) is 2.17. The van der Waals surface area contributed by atoms with Crippen LogP contribution in [0.3, 0.4) is 0 Å². The minimum absolute atomic E-state index is 0.000432. The Morgan fingerprint density at radius 3 is 2.67 bits per heavy atom. The maximum atomic E-state index is 12.5. The SMILES string of the molecule is Cc1cc(C(=O)COC(=O)c2cc(Br)ccc2O)c(C)n1Cc1ccco1. The maximum Gasteiger partial charge on any atom is 0.342 e. The fourth-order valence-electron chi connectivity index (χ4n) is 2.84. The number of hydrogen-bond acceptors (Lipinski definition) is 5. The molecule has 0 aliphatic carbocycles. The molecule has 0 saturated carbocycles. The van der Waals surface area contributed by atoms with Crippen molar-refractivity contribution >= 4 is 27.7 Å². The van der Waals surface area contributed by atoms with Gasteiger partial charge in [-0.25, -0.2) is 4.79 Å². The Bertz CT molecular complexity index is 988. The summed E-state index contributed by atoms with van der Waals surface area (Å²) in [5, 5.41) is 9.78. The topological polar surface area (TPSA) is 81.7 Å². The fraction of sp³-hybridized carbons (Fsp3) is 0.200. The molecular weight excluding hydrogens is 414 g/mol. The van der Waals surface area contributed by atoms with E-state index in [9.17, 15) is 14.7 Å². The van der Waals surface area contributed by atoms with Gasteiger partial charge in [0.1, 0.15) is 17.1 Å². The van der Waals surface area contributed by atoms with Crippen LogP contribution in [0.15, 0.2) is 51.6 Å². The summed E-state index contributed by atoms with van der Waals surface area (Å²) in [6.07, 6.45) is 1.60. The highest BCUT2D eigenvalue weighted by molar-refractivity contribution is 9.10. The summed E-state index contributed by atoms with van der Waals surface area (Å²) >= 11 is 3.23. The third-order valence-electron chi connectivity index (χ3n) is 4.28. The van der Waals surface area contributed by atoms with E-state index in [1.165, 1.54) is 12.1 Å². The van der Waals surface area contributed by atoms with Crippen molar-refractivity contribution in [1.82, 2.24) is 4.57 Å². The van der Waals surface area contributed by atoms with Gasteiger partial charge < -0.3 is 18.8 Å². The number of ether oxygens (including phenoxy) is 1. The van der Waals surface area contributed by atoms with Crippen LogP contribution in [0.1, 0.15) is 37.9 Å². The monoisotopic (exact) mass is 431 g/mol. The molecule has 0 bridgehead atoms. The lowest BCUT2D eigenvalue weighted by Crippen LogP contribution is -2.15. The summed E-state index contributed by atoms with van der Waals surface area (Å²) in [5.74, 6) is -0.484. The van der Waals surface area contributed by atoms with Crippen molar-refractivity contribution in [2.75, 3.05) is 6.61 Å². The summed E-state index contributed by atoms with van der Waals surface area (Å²) in [4.78, 5) is 24.7. The van der Waals surface area contributed by atoms with Crippen LogP contribution in [-0.2, 0) is 11.3 Å². The summed E-state index contributed by atoms with van der Waals surface area (Å²) in [7, 11) is 0. The lowest BCUT2D eigenvalue weighted by atomic mass is 10.1. The van der Waals surface area contributed by atoms with Crippen molar-refractivity contribution in [2.45, 2.75) is 20.4 Å². The number of phenols is 1. The number of furan rings is 1. The average molecular weight is 432 g/mol. The van der Waals surface area contributed by atoms with Gasteiger partial charge in [-0.2, -0.15) is 0 Å². The number of aromatic hydroxyl groups is 1. The Kier molecular flexibility index (Phi) is 5.51. The molecule has 0 fully saturated rings. The summed E-state index contributed by atoms with van der Waals surface area (Å²) in [6, 6.07) is 9.87. The van der Waals surface area contributed by atoms with Gasteiger partial charge in [0.05, 0.1) is 12.8 Å². The van der Waals surface area contributed by atoms with E-state index in [1.54, 1.807) is 18.4 Å². The van der Waals surface area contributed by atoms with Crippen LogP contribution in [0, 0.1) is 13.8 Å². The highest BCUT2D eigenvalue weighted by atomic mass is 79.9. The lowest BCUT2D eigenvalue weighted by molar-refractivity contribution is 0.0471. The van der Waals surface area contributed by atoms with Crippen molar-refractivity contribution in [3.05, 3.63) is 75.4 Å². The minimum atomic E-state index is -0.758. The van der Waals surface area contributed by atoms with E-state index in [-0.39, 0.29) is 17.1 Å². The maximum absolute atomic E-state index is 12.5. The van der Waals surface area contributed by atoms with Crippen LogP contribution in [0.5, 0.6) is 5.75 Å². The number of halogens is 1. The number of Topliss-reactive ketones (excluding diaryl/α,β-unsaturated/α-hetero) is 1. The molecule has 1 N–H and O–H groups in total. The van der Waals surface area contributed by atoms with Crippen molar-refractivity contribution in [3.8, 4) is 5.75 Å². The molecule has 0 spiro atoms. The van der Waals surface area contributed by atoms with E-state index in [0.717, 1.165) is 17.1 Å². The van der Waals surface area contributed by atoms with Crippen LogP contribution < -0.4 is 0 Å². The largest absolute Gasteiger partial charge is 0.507 e. The van der Waals surface area contributed by atoms with Gasteiger partial charge in [-0.1, -0.05) is 15.9 Å². The molecule has 27 heavy (non-hydrogen) atoms. The number of nitrogens with zero attached hydrogens (tertiary/aromatic N) is 1. The molecule has 1 aromatic carbocycles. The van der Waals surface area contributed by atoms with Gasteiger partial charge in [0.15, 0.2) is 6.61 Å². The van der Waals surface area contributed by atoms with E-state index in [4.69, 9.17) is 9.15 Å². The van der Waals surface area contributed by atoms with E-state index < -0.39 is 12.6 Å². The first-order valence-corrected chi connectivity index (χ1v) is 9.04. The molecule has 0 atom stereocenters. The number of esters is 1. The average Bonchev–Trinajstić information content (AvgIpc) is 3.25. The van der Waals surface area contributed by atoms with Crippen LogP contribution in [0.2, 0.25) is 0 Å². The van der Waals surface area contributed by atoms with E-state index in [1.807, 2.05) is 30.5 Å². The molecular formula is C20H18BrNO5. The third-order valence-corrected chi connectivity index (χ3v) is 4.77. The van der Waals surface area contributed by atoms with Crippen LogP contribution in [0.25, 0.3) is 0 Å². The Morgan fingerprint density at radius 2 is 1.96 bits per heavy atom. The zero-order chi connectivity index (χ0) is 19.6. The highest BCUT2D eigenvalue weighted by Crippen LogP contribution is 2.23. The van der Waals surface area contributed by atoms with Gasteiger partial charge in [0.25, 0.3) is 0 Å². The minimum Gasteiger partial charge on any atom is -0.507 e. The first kappa shape index (κ1) is 19.0. The number of phenolic OH excluding ortho intramolecular Hbond substituents is 1. The van der Waals surface area contributed by atoms with Crippen molar-refractivity contribution in [2.24, 2.45) is 0 Å². The highest BCUT2D eigenvalue weighted by Gasteiger charge is 2.19. The quantitative estimate of drug-likeness (QED) is 0.465. The standard InChI is InChI=1S/C20H18BrNO5/c1-12-8-16(13(2)22(12)10-15-4-3-7-26-15)19(24)11-27-20(25)17-9-14(21)5-6-18(17)23/h3-9,23H,10-11H2,1-2H3. The molecule has 0 aliphatic heterocycles. The molecule has 140 valence electrons. The zero-order valence-electron chi connectivity index (χ0n) is 14.9. The molecule has 0 amide bonds. The van der Waals surface area contributed by atoms with E-state index >= 15 is 0 Å². The number of aromatic nitrogens is 1. The lowest BCUT2D eigenvalue weighted by Gasteiger charge is -2.08. The van der Waals surface area contributed by atoms with E-state index in [2.05, 4.69) is 15.9 Å². The zero-order valence-corrected chi connectivity index (χ0v) is 16.4. The predicted octanol–water partition coefficient (Wildman–Crippen LogP) is 4.25. The van der Waals surface area contributed by atoms with Crippen molar-refractivity contribution in [3.63, 3.8) is 0 Å². The molecule has 0 unspecified atom stereocenters. The van der Waals surface area contributed by atoms with Gasteiger partial charge in [-0.05, 0) is 50.2 Å². The molecule has 2 aromatic heterocycles. The Labute approximate surface area is 164 Å². The smallest absolute Gasteiger partial charge is 0.342 e. The number of ketones is 1. The molecule has 2 heterocycles. The van der Waals surface area contributed by atoms with Gasteiger partial charge >= 0.3 is 5.97 Å². The second-order valence-corrected chi connectivity index (χ2v) is 7.03. The van der Waals surface area contributed by atoms with Crippen LogP contribution in [0.4, 0.5) is 0 Å². The number of carbonyl (C=O) groups excluding carboxylic acids is 2. The van der Waals surface area contributed by atoms with Gasteiger partial charge in [-0.3, -0.25) is 4.79 Å². The number of rotatable bonds is 6. The first-order valence-electron chi connectivity index (χ1n) is 8.24. The molecule has 0 aliphatic rings. The van der Waals surface area contributed by atoms with Crippen LogP contribution >= 0.6 is 15.9 Å². The van der Waals surface area contributed by atoms with Crippen molar-refractivity contribution < 1.29 is 23.8 Å². The molecule has 3 rings (SSSR count). The first-order chi connectivity index (χ1) is 12.9. The fourth-order valence-corrected chi connectivity index (χ4v) is 3.20. The molecule has 6 nitrogen and oxygen atoms in total. The number of carbonyl (C=O) groups is 2. The van der Waals surface area contributed by atoms with E-state index in [0.29, 0.717) is 16.6 Å². The van der Waals surface area contributed by atoms with Gasteiger partial charge in [0.2, 0.25) is 5.78 Å². The second kappa shape index (κ2) is 7.84. The Hall–Kier alpha value is -2.80. The molecule has 7 heteroatoms. The molecule has 3 aromatic rings. The summed E-state index contributed by atoms with van der Waals surface area (Å²) in [6.45, 7) is 3.85. The molecule has 0 radical (unpaired) electrons. The molecule has 0 saturated heterocycles. The third kappa shape index (κ3) is 4.14. The van der Waals surface area contributed by atoms with Crippen LogP contribution in [-0.4, -0.2) is 28.0 Å². The summed E-state index contributed by atoms with van der Waals surface area (Å²) < 4.78 is 13.0. The van der Waals surface area contributed by atoms with Gasteiger partial charge in [0, 0.05) is 21.4 Å². The normalized spacial score (nSPS) is 10.8. The van der Waals surface area contributed by atoms with Crippen molar-refractivity contribution in [1.29, 1.82) is 0 Å². The predicted molar refractivity (Wildman–Crippen MR) is 102 cm³/mol. The number of hydrogen-bond donors (Lipinski definition) is 1. The Morgan fingerprint density at radius 1 is 1.19 bits per heavy atom. The number of benzene rings is 1.